The molecule has 0 aliphatic rings. The average molecular weight is 348 g/mol. The monoisotopic (exact) mass is 348 g/mol. The van der Waals surface area contributed by atoms with Gasteiger partial charge in [-0.15, -0.1) is 11.8 Å². The van der Waals surface area contributed by atoms with Crippen molar-refractivity contribution in [3.63, 3.8) is 0 Å². The minimum absolute atomic E-state index is 0.244. The van der Waals surface area contributed by atoms with E-state index in [1.54, 1.807) is 18.2 Å². The molecule has 0 N–H and O–H groups in total. The van der Waals surface area contributed by atoms with Crippen molar-refractivity contribution in [1.82, 2.24) is 0 Å². The Morgan fingerprint density at radius 1 is 1.12 bits per heavy atom. The standard InChI is InChI=1S/C18H17FO4S/c1-11(17(20)12-4-6-13(19)7-5-12)23-18(21)15-9-8-14(24-3)10-16(15)22-2/h4-11H,1-3H3/t11-/m0/s1. The summed E-state index contributed by atoms with van der Waals surface area (Å²) in [5.41, 5.74) is 0.524. The number of benzene rings is 2. The molecule has 0 spiro atoms. The SMILES string of the molecule is COc1cc(SC)ccc1C(=O)O[C@@H](C)C(=O)c1ccc(F)cc1. The second-order valence-corrected chi connectivity index (χ2v) is 5.86. The fraction of sp³-hybridized carbons (Fsp3) is 0.222. The summed E-state index contributed by atoms with van der Waals surface area (Å²) in [5.74, 6) is -1.10. The van der Waals surface area contributed by atoms with Gasteiger partial charge in [-0.1, -0.05) is 0 Å². The predicted molar refractivity (Wildman–Crippen MR) is 90.4 cm³/mol. The highest BCUT2D eigenvalue weighted by molar-refractivity contribution is 7.98. The molecule has 2 rings (SSSR count). The Labute approximate surface area is 144 Å². The molecule has 0 bridgehead atoms. The van der Waals surface area contributed by atoms with E-state index in [1.807, 2.05) is 6.26 Å². The van der Waals surface area contributed by atoms with E-state index in [1.165, 1.54) is 50.1 Å². The van der Waals surface area contributed by atoms with Gasteiger partial charge in [0.05, 0.1) is 7.11 Å². The molecule has 0 unspecified atom stereocenters. The number of rotatable bonds is 6. The molecule has 0 saturated heterocycles. The van der Waals surface area contributed by atoms with E-state index in [0.717, 1.165) is 4.90 Å². The summed E-state index contributed by atoms with van der Waals surface area (Å²) in [4.78, 5) is 25.5. The van der Waals surface area contributed by atoms with Crippen LogP contribution in [0.25, 0.3) is 0 Å². The third-order valence-corrected chi connectivity index (χ3v) is 4.14. The molecule has 0 radical (unpaired) electrons. The van der Waals surface area contributed by atoms with Gasteiger partial charge in [-0.2, -0.15) is 0 Å². The molecule has 0 amide bonds. The molecule has 24 heavy (non-hydrogen) atoms. The van der Waals surface area contributed by atoms with E-state index >= 15 is 0 Å². The van der Waals surface area contributed by atoms with Crippen LogP contribution in [-0.2, 0) is 4.74 Å². The number of ether oxygens (including phenoxy) is 2. The van der Waals surface area contributed by atoms with Gasteiger partial charge in [-0.05, 0) is 55.6 Å². The molecule has 2 aromatic carbocycles. The highest BCUT2D eigenvalue weighted by Crippen LogP contribution is 2.26. The Kier molecular flexibility index (Phi) is 5.98. The summed E-state index contributed by atoms with van der Waals surface area (Å²) >= 11 is 1.52. The lowest BCUT2D eigenvalue weighted by Crippen LogP contribution is -2.24. The number of carbonyl (C=O) groups is 2. The third-order valence-electron chi connectivity index (χ3n) is 3.41. The van der Waals surface area contributed by atoms with Crippen LogP contribution in [0.1, 0.15) is 27.6 Å². The first kappa shape index (κ1) is 18.0. The molecule has 1 atom stereocenters. The fourth-order valence-corrected chi connectivity index (χ4v) is 2.52. The number of esters is 1. The molecular formula is C18H17FO4S. The van der Waals surface area contributed by atoms with Crippen molar-refractivity contribution >= 4 is 23.5 Å². The first-order chi connectivity index (χ1) is 11.5. The second kappa shape index (κ2) is 7.97. The van der Waals surface area contributed by atoms with Crippen molar-refractivity contribution in [3.8, 4) is 5.75 Å². The largest absolute Gasteiger partial charge is 0.496 e. The van der Waals surface area contributed by atoms with Crippen molar-refractivity contribution < 1.29 is 23.5 Å². The number of ketones is 1. The minimum atomic E-state index is -0.993. The quantitative estimate of drug-likeness (QED) is 0.449. The van der Waals surface area contributed by atoms with Crippen LogP contribution in [0.4, 0.5) is 4.39 Å². The van der Waals surface area contributed by atoms with E-state index in [4.69, 9.17) is 9.47 Å². The number of thioether (sulfide) groups is 1. The molecule has 0 heterocycles. The maximum absolute atomic E-state index is 12.9. The zero-order valence-electron chi connectivity index (χ0n) is 13.5. The van der Waals surface area contributed by atoms with Crippen molar-refractivity contribution in [1.29, 1.82) is 0 Å². The second-order valence-electron chi connectivity index (χ2n) is 4.98. The molecule has 0 aromatic heterocycles. The van der Waals surface area contributed by atoms with Crippen LogP contribution in [0.3, 0.4) is 0 Å². The first-order valence-electron chi connectivity index (χ1n) is 7.19. The van der Waals surface area contributed by atoms with Gasteiger partial charge in [0.2, 0.25) is 5.78 Å². The zero-order chi connectivity index (χ0) is 17.7. The van der Waals surface area contributed by atoms with Gasteiger partial charge in [-0.25, -0.2) is 9.18 Å². The van der Waals surface area contributed by atoms with E-state index in [2.05, 4.69) is 0 Å². The normalized spacial score (nSPS) is 11.7. The van der Waals surface area contributed by atoms with E-state index in [0.29, 0.717) is 5.75 Å². The van der Waals surface area contributed by atoms with Gasteiger partial charge in [0, 0.05) is 10.5 Å². The van der Waals surface area contributed by atoms with Crippen LogP contribution in [0.5, 0.6) is 5.75 Å². The van der Waals surface area contributed by atoms with Gasteiger partial charge >= 0.3 is 5.97 Å². The summed E-state index contributed by atoms with van der Waals surface area (Å²) < 4.78 is 23.4. The Morgan fingerprint density at radius 2 is 1.79 bits per heavy atom. The summed E-state index contributed by atoms with van der Waals surface area (Å²) in [5, 5.41) is 0. The van der Waals surface area contributed by atoms with Crippen molar-refractivity contribution in [2.75, 3.05) is 13.4 Å². The maximum atomic E-state index is 12.9. The van der Waals surface area contributed by atoms with Crippen molar-refractivity contribution in [2.45, 2.75) is 17.9 Å². The summed E-state index contributed by atoms with van der Waals surface area (Å²) in [7, 11) is 1.46. The van der Waals surface area contributed by atoms with Crippen LogP contribution in [0.15, 0.2) is 47.4 Å². The van der Waals surface area contributed by atoms with Gasteiger partial charge in [0.1, 0.15) is 17.1 Å². The highest BCUT2D eigenvalue weighted by atomic mass is 32.2. The molecule has 0 aliphatic heterocycles. The molecule has 0 fully saturated rings. The van der Waals surface area contributed by atoms with Gasteiger partial charge in [0.25, 0.3) is 0 Å². The van der Waals surface area contributed by atoms with Crippen molar-refractivity contribution in [2.24, 2.45) is 0 Å². The smallest absolute Gasteiger partial charge is 0.342 e. The van der Waals surface area contributed by atoms with Gasteiger partial charge < -0.3 is 9.47 Å². The number of carbonyl (C=O) groups excluding carboxylic acids is 2. The Hall–Kier alpha value is -2.34. The van der Waals surface area contributed by atoms with Crippen LogP contribution in [-0.4, -0.2) is 31.2 Å². The molecule has 4 nitrogen and oxygen atoms in total. The lowest BCUT2D eigenvalue weighted by molar-refractivity contribution is 0.0315. The van der Waals surface area contributed by atoms with Crippen LogP contribution in [0.2, 0.25) is 0 Å². The zero-order valence-corrected chi connectivity index (χ0v) is 14.4. The average Bonchev–Trinajstić information content (AvgIpc) is 2.60. The molecule has 6 heteroatoms. The van der Waals surface area contributed by atoms with E-state index in [9.17, 15) is 14.0 Å². The van der Waals surface area contributed by atoms with Crippen LogP contribution >= 0.6 is 11.8 Å². The topological polar surface area (TPSA) is 52.6 Å². The number of hydrogen-bond donors (Lipinski definition) is 0. The number of halogens is 1. The Morgan fingerprint density at radius 3 is 2.38 bits per heavy atom. The van der Waals surface area contributed by atoms with Crippen LogP contribution < -0.4 is 4.74 Å². The molecule has 126 valence electrons. The molecule has 0 saturated carbocycles. The number of methoxy groups -OCH3 is 1. The fourth-order valence-electron chi connectivity index (χ4n) is 2.09. The summed E-state index contributed by atoms with van der Waals surface area (Å²) in [6.07, 6.45) is 0.920. The maximum Gasteiger partial charge on any atom is 0.342 e. The Balaban J connectivity index is 2.14. The van der Waals surface area contributed by atoms with E-state index < -0.39 is 23.7 Å². The molecule has 0 aliphatic carbocycles. The first-order valence-corrected chi connectivity index (χ1v) is 8.41. The number of hydrogen-bond acceptors (Lipinski definition) is 5. The van der Waals surface area contributed by atoms with Crippen LogP contribution in [0, 0.1) is 5.82 Å². The molecular weight excluding hydrogens is 331 g/mol. The Bertz CT molecular complexity index is 743. The van der Waals surface area contributed by atoms with Crippen molar-refractivity contribution in [3.05, 3.63) is 59.4 Å². The van der Waals surface area contributed by atoms with Gasteiger partial charge in [0.15, 0.2) is 6.10 Å². The summed E-state index contributed by atoms with van der Waals surface area (Å²) in [6.45, 7) is 1.48. The highest BCUT2D eigenvalue weighted by Gasteiger charge is 2.22. The lowest BCUT2D eigenvalue weighted by Gasteiger charge is -2.14. The molecule has 2 aromatic rings. The summed E-state index contributed by atoms with van der Waals surface area (Å²) in [6, 6.07) is 10.2. The van der Waals surface area contributed by atoms with Gasteiger partial charge in [-0.3, -0.25) is 4.79 Å². The predicted octanol–water partition coefficient (Wildman–Crippen LogP) is 3.98. The lowest BCUT2D eigenvalue weighted by atomic mass is 10.1. The third kappa shape index (κ3) is 4.14. The minimum Gasteiger partial charge on any atom is -0.496 e. The number of Topliss-reactive ketones (excluding diaryl/α,β-unsaturated/α-hetero) is 1. The van der Waals surface area contributed by atoms with E-state index in [-0.39, 0.29) is 11.1 Å².